The topological polar surface area (TPSA) is 88.0 Å². The molecule has 3 aromatic rings. The van der Waals surface area contributed by atoms with Crippen LogP contribution in [0.25, 0.3) is 11.3 Å². The second-order valence-electron chi connectivity index (χ2n) is 5.83. The number of amides is 1. The molecule has 2 aromatic heterocycles. The first kappa shape index (κ1) is 18.2. The average molecular weight is 368 g/mol. The molecule has 0 spiro atoms. The first-order chi connectivity index (χ1) is 12.6. The molecule has 134 valence electrons. The van der Waals surface area contributed by atoms with Crippen LogP contribution in [0.1, 0.15) is 46.0 Å². The van der Waals surface area contributed by atoms with E-state index in [1.807, 2.05) is 31.2 Å². The van der Waals surface area contributed by atoms with Crippen LogP contribution in [-0.2, 0) is 13.0 Å². The quantitative estimate of drug-likeness (QED) is 0.698. The number of benzene rings is 1. The summed E-state index contributed by atoms with van der Waals surface area (Å²) in [6, 6.07) is 12.7. The van der Waals surface area contributed by atoms with Gasteiger partial charge in [0.05, 0.1) is 24.0 Å². The molecule has 0 aliphatic rings. The largest absolute Gasteiger partial charge is 0.387 e. The summed E-state index contributed by atoms with van der Waals surface area (Å²) in [7, 11) is 0. The smallest absolute Gasteiger partial charge is 0.251 e. The van der Waals surface area contributed by atoms with Gasteiger partial charge in [-0.25, -0.2) is 0 Å². The third-order valence-corrected chi connectivity index (χ3v) is 4.92. The van der Waals surface area contributed by atoms with Crippen molar-refractivity contribution >= 4 is 17.2 Å². The van der Waals surface area contributed by atoms with Crippen LogP contribution >= 0.6 is 11.3 Å². The molecule has 0 fully saturated rings. The van der Waals surface area contributed by atoms with Crippen molar-refractivity contribution in [1.82, 2.24) is 20.5 Å². The number of pyridine rings is 1. The number of nitrogens with zero attached hydrogens (tertiary/aromatic N) is 3. The number of hydrogen-bond acceptors (Lipinski definition) is 6. The minimum Gasteiger partial charge on any atom is -0.387 e. The van der Waals surface area contributed by atoms with E-state index in [0.29, 0.717) is 17.8 Å². The molecule has 0 radical (unpaired) electrons. The number of nitrogens with one attached hydrogen (secondary N) is 1. The van der Waals surface area contributed by atoms with Crippen molar-refractivity contribution in [1.29, 1.82) is 0 Å². The molecule has 1 atom stereocenters. The van der Waals surface area contributed by atoms with Gasteiger partial charge in [0.15, 0.2) is 0 Å². The summed E-state index contributed by atoms with van der Waals surface area (Å²) in [6.45, 7) is 4.08. The van der Waals surface area contributed by atoms with Gasteiger partial charge in [-0.15, -0.1) is 10.2 Å². The molecule has 0 aliphatic heterocycles. The molecular formula is C19H20N4O2S. The van der Waals surface area contributed by atoms with Gasteiger partial charge in [-0.2, -0.15) is 0 Å². The zero-order chi connectivity index (χ0) is 18.5. The molecule has 2 heterocycles. The van der Waals surface area contributed by atoms with Crippen LogP contribution in [0.4, 0.5) is 0 Å². The highest BCUT2D eigenvalue weighted by molar-refractivity contribution is 7.11. The van der Waals surface area contributed by atoms with E-state index in [-0.39, 0.29) is 5.91 Å². The van der Waals surface area contributed by atoms with Crippen LogP contribution in [-0.4, -0.2) is 26.2 Å². The Balaban J connectivity index is 1.66. The Morgan fingerprint density at radius 3 is 2.54 bits per heavy atom. The number of aromatic nitrogens is 3. The highest BCUT2D eigenvalue weighted by atomic mass is 32.1. The van der Waals surface area contributed by atoms with Gasteiger partial charge in [-0.05, 0) is 37.6 Å². The van der Waals surface area contributed by atoms with Gasteiger partial charge in [0.2, 0.25) is 0 Å². The lowest BCUT2D eigenvalue weighted by Gasteiger charge is -2.08. The predicted molar refractivity (Wildman–Crippen MR) is 101 cm³/mol. The van der Waals surface area contributed by atoms with Gasteiger partial charge < -0.3 is 10.4 Å². The van der Waals surface area contributed by atoms with Crippen LogP contribution < -0.4 is 5.32 Å². The summed E-state index contributed by atoms with van der Waals surface area (Å²) in [5, 5.41) is 22.4. The maximum atomic E-state index is 12.3. The van der Waals surface area contributed by atoms with E-state index in [2.05, 4.69) is 20.5 Å². The monoisotopic (exact) mass is 368 g/mol. The first-order valence-corrected chi connectivity index (χ1v) is 9.23. The van der Waals surface area contributed by atoms with E-state index in [9.17, 15) is 9.90 Å². The van der Waals surface area contributed by atoms with Gasteiger partial charge in [-0.3, -0.25) is 9.78 Å². The lowest BCUT2D eigenvalue weighted by molar-refractivity contribution is 0.0951. The number of aryl methyl sites for hydroxylation is 1. The van der Waals surface area contributed by atoms with Crippen molar-refractivity contribution in [3.05, 3.63) is 63.7 Å². The van der Waals surface area contributed by atoms with Crippen LogP contribution in [0.3, 0.4) is 0 Å². The van der Waals surface area contributed by atoms with Gasteiger partial charge in [0, 0.05) is 11.1 Å². The predicted octanol–water partition coefficient (Wildman–Crippen LogP) is 3.15. The molecule has 3 rings (SSSR count). The maximum Gasteiger partial charge on any atom is 0.251 e. The van der Waals surface area contributed by atoms with Crippen molar-refractivity contribution < 1.29 is 9.90 Å². The van der Waals surface area contributed by atoms with E-state index in [4.69, 9.17) is 0 Å². The third-order valence-electron chi connectivity index (χ3n) is 3.85. The van der Waals surface area contributed by atoms with Crippen LogP contribution in [0, 0.1) is 0 Å². The van der Waals surface area contributed by atoms with Crippen molar-refractivity contribution in [3.63, 3.8) is 0 Å². The molecule has 1 aromatic carbocycles. The standard InChI is InChI=1S/C19H20N4O2S/c1-3-17-22-23-18(26-17)11-20-19(25)14-9-7-13(8-10-14)16-6-4-5-15(21-16)12(2)24/h4-10,12,24H,3,11H2,1-2H3,(H,20,25). The number of aliphatic hydroxyl groups excluding tert-OH is 1. The van der Waals surface area contributed by atoms with Crippen molar-refractivity contribution in [2.45, 2.75) is 32.9 Å². The Bertz CT molecular complexity index is 891. The number of hydrogen-bond donors (Lipinski definition) is 2. The molecule has 7 heteroatoms. The zero-order valence-electron chi connectivity index (χ0n) is 14.6. The van der Waals surface area contributed by atoms with E-state index < -0.39 is 6.10 Å². The molecule has 6 nitrogen and oxygen atoms in total. The lowest BCUT2D eigenvalue weighted by atomic mass is 10.1. The Morgan fingerprint density at radius 1 is 1.15 bits per heavy atom. The fraction of sp³-hybridized carbons (Fsp3) is 0.263. The molecule has 0 bridgehead atoms. The number of aliphatic hydroxyl groups is 1. The number of rotatable bonds is 6. The molecule has 1 unspecified atom stereocenters. The summed E-state index contributed by atoms with van der Waals surface area (Å²) in [4.78, 5) is 16.7. The summed E-state index contributed by atoms with van der Waals surface area (Å²) >= 11 is 1.51. The summed E-state index contributed by atoms with van der Waals surface area (Å²) in [5.74, 6) is -0.157. The second-order valence-corrected chi connectivity index (χ2v) is 6.97. The van der Waals surface area contributed by atoms with E-state index in [1.54, 1.807) is 25.1 Å². The molecule has 1 amide bonds. The van der Waals surface area contributed by atoms with Crippen molar-refractivity contribution in [3.8, 4) is 11.3 Å². The normalized spacial score (nSPS) is 12.0. The third kappa shape index (κ3) is 4.30. The minimum absolute atomic E-state index is 0.157. The Morgan fingerprint density at radius 2 is 1.88 bits per heavy atom. The Kier molecular flexibility index (Phi) is 5.70. The average Bonchev–Trinajstić information content (AvgIpc) is 3.14. The van der Waals surface area contributed by atoms with Crippen LogP contribution in [0.5, 0.6) is 0 Å². The lowest BCUT2D eigenvalue weighted by Crippen LogP contribution is -2.22. The fourth-order valence-electron chi connectivity index (χ4n) is 2.40. The van der Waals surface area contributed by atoms with Gasteiger partial charge >= 0.3 is 0 Å². The second kappa shape index (κ2) is 8.16. The van der Waals surface area contributed by atoms with Crippen molar-refractivity contribution in [2.24, 2.45) is 0 Å². The minimum atomic E-state index is -0.617. The SMILES string of the molecule is CCc1nnc(CNC(=O)c2ccc(-c3cccc(C(C)O)n3)cc2)s1. The maximum absolute atomic E-state index is 12.3. The Labute approximate surface area is 156 Å². The van der Waals surface area contributed by atoms with Crippen LogP contribution in [0.2, 0.25) is 0 Å². The van der Waals surface area contributed by atoms with Gasteiger partial charge in [0.25, 0.3) is 5.91 Å². The van der Waals surface area contributed by atoms with Gasteiger partial charge in [-0.1, -0.05) is 36.5 Å². The molecule has 0 saturated carbocycles. The molecule has 0 aliphatic carbocycles. The summed E-state index contributed by atoms with van der Waals surface area (Å²) in [6.07, 6.45) is 0.228. The molecule has 26 heavy (non-hydrogen) atoms. The highest BCUT2D eigenvalue weighted by Crippen LogP contribution is 2.20. The van der Waals surface area contributed by atoms with Crippen molar-refractivity contribution in [2.75, 3.05) is 0 Å². The zero-order valence-corrected chi connectivity index (χ0v) is 15.5. The number of carbonyl (C=O) groups excluding carboxylic acids is 1. The first-order valence-electron chi connectivity index (χ1n) is 8.41. The summed E-state index contributed by atoms with van der Waals surface area (Å²) < 4.78 is 0. The van der Waals surface area contributed by atoms with E-state index >= 15 is 0 Å². The Hall–Kier alpha value is -2.64. The number of carbonyl (C=O) groups is 1. The van der Waals surface area contributed by atoms with E-state index in [1.165, 1.54) is 11.3 Å². The van der Waals surface area contributed by atoms with Crippen LogP contribution in [0.15, 0.2) is 42.5 Å². The molecule has 2 N–H and O–H groups in total. The molecular weight excluding hydrogens is 348 g/mol. The fourth-order valence-corrected chi connectivity index (χ4v) is 3.12. The van der Waals surface area contributed by atoms with Gasteiger partial charge in [0.1, 0.15) is 10.0 Å². The highest BCUT2D eigenvalue weighted by Gasteiger charge is 2.09. The summed E-state index contributed by atoms with van der Waals surface area (Å²) in [5.41, 5.74) is 2.84. The molecule has 0 saturated heterocycles. The van der Waals surface area contributed by atoms with E-state index in [0.717, 1.165) is 27.7 Å².